The van der Waals surface area contributed by atoms with E-state index in [1.165, 1.54) is 26.2 Å². The van der Waals surface area contributed by atoms with E-state index in [2.05, 4.69) is 0 Å². The number of anilines is 1. The van der Waals surface area contributed by atoms with E-state index in [-0.39, 0.29) is 18.2 Å². The first kappa shape index (κ1) is 22.7. The Morgan fingerprint density at radius 1 is 0.758 bits per heavy atom. The van der Waals surface area contributed by atoms with Gasteiger partial charge in [0.15, 0.2) is 23.0 Å². The summed E-state index contributed by atoms with van der Waals surface area (Å²) < 4.78 is 27.0. The number of nitrogens with zero attached hydrogens (tertiary/aromatic N) is 2. The lowest BCUT2D eigenvalue weighted by molar-refractivity contribution is -0.123. The number of carbonyl (C=O) groups is 2. The number of hydrogen-bond acceptors (Lipinski definition) is 8. The molecular formula is C24H28N2O7. The Labute approximate surface area is 192 Å². The number of amides is 2. The summed E-state index contributed by atoms with van der Waals surface area (Å²) in [6.45, 7) is 1.21. The molecule has 9 heteroatoms. The molecule has 2 aromatic carbocycles. The molecule has 0 aliphatic carbocycles. The fourth-order valence-corrected chi connectivity index (χ4v) is 4.54. The second kappa shape index (κ2) is 9.19. The first-order chi connectivity index (χ1) is 15.9. The quantitative estimate of drug-likeness (QED) is 0.587. The normalized spacial score (nSPS) is 18.2. The van der Waals surface area contributed by atoms with Crippen LogP contribution in [0.5, 0.6) is 28.7 Å². The summed E-state index contributed by atoms with van der Waals surface area (Å²) >= 11 is 0. The Balaban J connectivity index is 1.61. The van der Waals surface area contributed by atoms with E-state index < -0.39 is 6.04 Å². The van der Waals surface area contributed by atoms with Gasteiger partial charge in [0.2, 0.25) is 11.7 Å². The molecule has 9 nitrogen and oxygen atoms in total. The number of rotatable bonds is 7. The maximum Gasteiger partial charge on any atom is 0.251 e. The van der Waals surface area contributed by atoms with Gasteiger partial charge in [0.05, 0.1) is 53.7 Å². The molecule has 2 heterocycles. The lowest BCUT2D eigenvalue weighted by atomic mass is 9.97. The van der Waals surface area contributed by atoms with Gasteiger partial charge in [-0.3, -0.25) is 14.5 Å². The molecule has 1 saturated heterocycles. The van der Waals surface area contributed by atoms with Gasteiger partial charge in [0, 0.05) is 25.2 Å². The average molecular weight is 456 g/mol. The van der Waals surface area contributed by atoms with Gasteiger partial charge in [0.1, 0.15) is 0 Å². The fourth-order valence-electron chi connectivity index (χ4n) is 4.54. The number of benzene rings is 2. The standard InChI is InChI=1S/C24H28N2O7/c1-29-18-8-14-6-7-25(13-15(14)9-19(18)30-2)17-12-22(27)26(24(17)28)16-10-20(31-3)23(33-5)21(11-16)32-4/h8-11,17H,6-7,12-13H2,1-5H3/t17-/m1/s1. The van der Waals surface area contributed by atoms with Crippen LogP contribution in [0.1, 0.15) is 17.5 Å². The van der Waals surface area contributed by atoms with Crippen LogP contribution in [0.4, 0.5) is 5.69 Å². The van der Waals surface area contributed by atoms with Crippen molar-refractivity contribution in [2.45, 2.75) is 25.4 Å². The third-order valence-electron chi connectivity index (χ3n) is 6.22. The highest BCUT2D eigenvalue weighted by Crippen LogP contribution is 2.42. The monoisotopic (exact) mass is 456 g/mol. The minimum Gasteiger partial charge on any atom is -0.493 e. The first-order valence-electron chi connectivity index (χ1n) is 10.6. The van der Waals surface area contributed by atoms with Gasteiger partial charge in [0.25, 0.3) is 5.91 Å². The molecule has 0 aromatic heterocycles. The number of imide groups is 1. The summed E-state index contributed by atoms with van der Waals surface area (Å²) in [4.78, 5) is 29.6. The summed E-state index contributed by atoms with van der Waals surface area (Å²) in [5.41, 5.74) is 2.61. The van der Waals surface area contributed by atoms with Crippen molar-refractivity contribution in [3.63, 3.8) is 0 Å². The highest BCUT2D eigenvalue weighted by molar-refractivity contribution is 6.22. The van der Waals surface area contributed by atoms with Crippen molar-refractivity contribution < 1.29 is 33.3 Å². The summed E-state index contributed by atoms with van der Waals surface area (Å²) in [6, 6.07) is 6.61. The highest BCUT2D eigenvalue weighted by Gasteiger charge is 2.44. The maximum absolute atomic E-state index is 13.4. The third-order valence-corrected chi connectivity index (χ3v) is 6.22. The summed E-state index contributed by atoms with van der Waals surface area (Å²) in [7, 11) is 7.69. The molecular weight excluding hydrogens is 428 g/mol. The van der Waals surface area contributed by atoms with Gasteiger partial charge in [-0.05, 0) is 29.7 Å². The van der Waals surface area contributed by atoms with Gasteiger partial charge in [-0.1, -0.05) is 0 Å². The molecule has 2 aliphatic rings. The maximum atomic E-state index is 13.4. The van der Waals surface area contributed by atoms with Gasteiger partial charge < -0.3 is 23.7 Å². The van der Waals surface area contributed by atoms with Crippen molar-refractivity contribution in [2.75, 3.05) is 47.0 Å². The average Bonchev–Trinajstić information content (AvgIpc) is 3.15. The molecule has 4 rings (SSSR count). The highest BCUT2D eigenvalue weighted by atomic mass is 16.5. The minimum atomic E-state index is -0.544. The topological polar surface area (TPSA) is 86.8 Å². The molecule has 1 atom stereocenters. The van der Waals surface area contributed by atoms with E-state index in [1.807, 2.05) is 17.0 Å². The van der Waals surface area contributed by atoms with Gasteiger partial charge >= 0.3 is 0 Å². The minimum absolute atomic E-state index is 0.109. The number of methoxy groups -OCH3 is 5. The second-order valence-corrected chi connectivity index (χ2v) is 7.87. The molecule has 0 N–H and O–H groups in total. The van der Waals surface area contributed by atoms with Crippen LogP contribution in [0.2, 0.25) is 0 Å². The zero-order chi connectivity index (χ0) is 23.7. The first-order valence-corrected chi connectivity index (χ1v) is 10.6. The van der Waals surface area contributed by atoms with Gasteiger partial charge in [-0.15, -0.1) is 0 Å². The number of fused-ring (bicyclic) bond motifs is 1. The van der Waals surface area contributed by atoms with Crippen LogP contribution < -0.4 is 28.6 Å². The number of hydrogen-bond donors (Lipinski definition) is 0. The van der Waals surface area contributed by atoms with Gasteiger partial charge in [-0.2, -0.15) is 0 Å². The second-order valence-electron chi connectivity index (χ2n) is 7.87. The number of ether oxygens (including phenoxy) is 5. The predicted octanol–water partition coefficient (Wildman–Crippen LogP) is 2.42. The van der Waals surface area contributed by atoms with Crippen molar-refractivity contribution in [1.29, 1.82) is 0 Å². The summed E-state index contributed by atoms with van der Waals surface area (Å²) in [6.07, 6.45) is 0.857. The lowest BCUT2D eigenvalue weighted by Crippen LogP contribution is -2.44. The molecule has 2 amide bonds. The lowest BCUT2D eigenvalue weighted by Gasteiger charge is -2.32. The SMILES string of the molecule is COc1cc2c(cc1OC)CN([C@@H]1CC(=O)N(c3cc(OC)c(OC)c(OC)c3)C1=O)CC2. The van der Waals surface area contributed by atoms with E-state index in [4.69, 9.17) is 23.7 Å². The van der Waals surface area contributed by atoms with Crippen LogP contribution in [0.3, 0.4) is 0 Å². The fraction of sp³-hybridized carbons (Fsp3) is 0.417. The molecule has 2 aliphatic heterocycles. The summed E-state index contributed by atoms with van der Waals surface area (Å²) in [5.74, 6) is 1.95. The third kappa shape index (κ3) is 3.93. The van der Waals surface area contributed by atoms with Crippen molar-refractivity contribution in [3.8, 4) is 28.7 Å². The van der Waals surface area contributed by atoms with Crippen molar-refractivity contribution in [2.24, 2.45) is 0 Å². The predicted molar refractivity (Wildman–Crippen MR) is 121 cm³/mol. The Morgan fingerprint density at radius 3 is 1.88 bits per heavy atom. The molecule has 1 fully saturated rings. The van der Waals surface area contributed by atoms with Crippen LogP contribution in [0.25, 0.3) is 0 Å². The molecule has 33 heavy (non-hydrogen) atoms. The van der Waals surface area contributed by atoms with E-state index in [0.29, 0.717) is 47.5 Å². The Hall–Kier alpha value is -3.46. The molecule has 0 spiro atoms. The largest absolute Gasteiger partial charge is 0.493 e. The molecule has 0 radical (unpaired) electrons. The van der Waals surface area contributed by atoms with E-state index in [9.17, 15) is 9.59 Å². The Bertz CT molecular complexity index is 1060. The summed E-state index contributed by atoms with van der Waals surface area (Å²) in [5, 5.41) is 0. The zero-order valence-electron chi connectivity index (χ0n) is 19.5. The van der Waals surface area contributed by atoms with E-state index in [0.717, 1.165) is 17.5 Å². The van der Waals surface area contributed by atoms with Crippen LogP contribution in [0.15, 0.2) is 24.3 Å². The van der Waals surface area contributed by atoms with E-state index in [1.54, 1.807) is 26.4 Å². The molecule has 0 bridgehead atoms. The Kier molecular flexibility index (Phi) is 6.33. The van der Waals surface area contributed by atoms with Gasteiger partial charge in [-0.25, -0.2) is 4.90 Å². The number of carbonyl (C=O) groups excluding carboxylic acids is 2. The smallest absolute Gasteiger partial charge is 0.251 e. The van der Waals surface area contributed by atoms with Crippen LogP contribution in [-0.2, 0) is 22.6 Å². The molecule has 2 aromatic rings. The molecule has 176 valence electrons. The zero-order valence-corrected chi connectivity index (χ0v) is 19.5. The molecule has 0 unspecified atom stereocenters. The van der Waals surface area contributed by atoms with E-state index >= 15 is 0 Å². The van der Waals surface area contributed by atoms with Crippen LogP contribution >= 0.6 is 0 Å². The van der Waals surface area contributed by atoms with Crippen molar-refractivity contribution in [1.82, 2.24) is 4.90 Å². The van der Waals surface area contributed by atoms with Crippen molar-refractivity contribution in [3.05, 3.63) is 35.4 Å². The van der Waals surface area contributed by atoms with Crippen LogP contribution in [-0.4, -0.2) is 64.8 Å². The Morgan fingerprint density at radius 2 is 1.33 bits per heavy atom. The van der Waals surface area contributed by atoms with Crippen molar-refractivity contribution >= 4 is 17.5 Å². The van der Waals surface area contributed by atoms with Crippen LogP contribution in [0, 0.1) is 0 Å². The molecule has 0 saturated carbocycles.